The van der Waals surface area contributed by atoms with Gasteiger partial charge in [0.15, 0.2) is 0 Å². The quantitative estimate of drug-likeness (QED) is 0.823. The van der Waals surface area contributed by atoms with E-state index in [1.807, 2.05) is 48.7 Å². The summed E-state index contributed by atoms with van der Waals surface area (Å²) in [6.45, 7) is 1.96. The van der Waals surface area contributed by atoms with Crippen LogP contribution in [0.2, 0.25) is 0 Å². The van der Waals surface area contributed by atoms with Crippen LogP contribution >= 0.6 is 23.1 Å². The maximum atomic E-state index is 12.2. The molecule has 2 amide bonds. The second-order valence-corrected chi connectivity index (χ2v) is 7.85. The summed E-state index contributed by atoms with van der Waals surface area (Å²) in [7, 11) is 0. The van der Waals surface area contributed by atoms with Gasteiger partial charge in [-0.15, -0.1) is 11.3 Å². The number of carbonyl (C=O) groups is 2. The molecule has 0 radical (unpaired) electrons. The zero-order valence-electron chi connectivity index (χ0n) is 14.1. The fourth-order valence-corrected chi connectivity index (χ4v) is 4.44. The number of nitrogens with zero attached hydrogens (tertiary/aromatic N) is 1. The Morgan fingerprint density at radius 1 is 1.42 bits per heavy atom. The average molecular weight is 383 g/mol. The molecule has 7 heteroatoms. The van der Waals surface area contributed by atoms with E-state index in [0.29, 0.717) is 10.6 Å². The number of anilines is 1. The number of amides is 2. The van der Waals surface area contributed by atoms with Crippen molar-refractivity contribution in [3.63, 3.8) is 0 Å². The maximum Gasteiger partial charge on any atom is 0.234 e. The number of carbonyl (C=O) groups excluding carboxylic acids is 2. The van der Waals surface area contributed by atoms with Crippen molar-refractivity contribution in [2.45, 2.75) is 19.3 Å². The van der Waals surface area contributed by atoms with Crippen molar-refractivity contribution in [3.05, 3.63) is 62.8 Å². The lowest BCUT2D eigenvalue weighted by atomic mass is 9.93. The highest BCUT2D eigenvalue weighted by atomic mass is 32.2. The molecule has 5 nitrogen and oxygen atoms in total. The van der Waals surface area contributed by atoms with Crippen LogP contribution < -0.4 is 10.6 Å². The number of rotatable bonds is 5. The molecule has 1 aliphatic heterocycles. The number of nitriles is 1. The second kappa shape index (κ2) is 8.21. The third-order valence-corrected chi connectivity index (χ3v) is 5.90. The zero-order valence-corrected chi connectivity index (χ0v) is 15.7. The lowest BCUT2D eigenvalue weighted by Gasteiger charge is -2.23. The minimum Gasteiger partial charge on any atom is -0.325 e. The van der Waals surface area contributed by atoms with Crippen LogP contribution in [0.5, 0.6) is 0 Å². The van der Waals surface area contributed by atoms with Crippen molar-refractivity contribution >= 4 is 40.6 Å². The number of thiophene rings is 1. The lowest BCUT2D eigenvalue weighted by molar-refractivity contribution is -0.121. The first kappa shape index (κ1) is 18.2. The molecule has 0 fully saturated rings. The van der Waals surface area contributed by atoms with Crippen LogP contribution in [0.4, 0.5) is 5.69 Å². The number of benzene rings is 1. The highest BCUT2D eigenvalue weighted by Crippen LogP contribution is 2.37. The van der Waals surface area contributed by atoms with E-state index in [1.165, 1.54) is 23.1 Å². The largest absolute Gasteiger partial charge is 0.325 e. The number of aryl methyl sites for hydroxylation is 1. The molecular formula is C19H17N3O2S2. The Hall–Kier alpha value is -2.56. The van der Waals surface area contributed by atoms with Gasteiger partial charge < -0.3 is 10.6 Å². The molecule has 2 N–H and O–H groups in total. The van der Waals surface area contributed by atoms with Crippen molar-refractivity contribution in [1.29, 1.82) is 5.26 Å². The Morgan fingerprint density at radius 3 is 2.96 bits per heavy atom. The van der Waals surface area contributed by atoms with Gasteiger partial charge in [0.05, 0.1) is 22.4 Å². The molecule has 0 bridgehead atoms. The van der Waals surface area contributed by atoms with Crippen LogP contribution in [0.25, 0.3) is 0 Å². The summed E-state index contributed by atoms with van der Waals surface area (Å²) < 4.78 is 0. The third kappa shape index (κ3) is 4.34. The molecule has 1 aromatic heterocycles. The molecule has 1 aliphatic rings. The first-order valence-electron chi connectivity index (χ1n) is 8.03. The SMILES string of the molecule is Cc1cccc(NC(=O)CSC2=C(C#N)[C@@H](c3cccs3)CC(=O)N2)c1. The first-order chi connectivity index (χ1) is 12.6. The predicted molar refractivity (Wildman–Crippen MR) is 105 cm³/mol. The van der Waals surface area contributed by atoms with Gasteiger partial charge in [0.2, 0.25) is 11.8 Å². The van der Waals surface area contributed by atoms with Crippen LogP contribution in [0, 0.1) is 18.3 Å². The van der Waals surface area contributed by atoms with Gasteiger partial charge in [0.1, 0.15) is 0 Å². The van der Waals surface area contributed by atoms with E-state index in [9.17, 15) is 14.9 Å². The molecule has 0 unspecified atom stereocenters. The zero-order chi connectivity index (χ0) is 18.5. The van der Waals surface area contributed by atoms with Crippen LogP contribution in [-0.4, -0.2) is 17.6 Å². The topological polar surface area (TPSA) is 82.0 Å². The summed E-state index contributed by atoms with van der Waals surface area (Å²) in [6.07, 6.45) is 0.253. The summed E-state index contributed by atoms with van der Waals surface area (Å²) in [6, 6.07) is 13.6. The molecule has 0 saturated heterocycles. The monoisotopic (exact) mass is 383 g/mol. The van der Waals surface area contributed by atoms with Gasteiger partial charge >= 0.3 is 0 Å². The Balaban J connectivity index is 1.71. The molecule has 0 aliphatic carbocycles. The molecule has 26 heavy (non-hydrogen) atoms. The lowest BCUT2D eigenvalue weighted by Crippen LogP contribution is -2.31. The summed E-state index contributed by atoms with van der Waals surface area (Å²) in [5.74, 6) is -0.440. The molecule has 1 aromatic carbocycles. The highest BCUT2D eigenvalue weighted by molar-refractivity contribution is 8.03. The predicted octanol–water partition coefficient (Wildman–Crippen LogP) is 3.77. The van der Waals surface area contributed by atoms with Crippen molar-refractivity contribution in [3.8, 4) is 6.07 Å². The fourth-order valence-electron chi connectivity index (χ4n) is 2.72. The molecule has 0 saturated carbocycles. The van der Waals surface area contributed by atoms with Crippen molar-refractivity contribution in [1.82, 2.24) is 5.32 Å². The molecule has 3 rings (SSSR count). The average Bonchev–Trinajstić information content (AvgIpc) is 3.14. The minimum atomic E-state index is -0.240. The van der Waals surface area contributed by atoms with E-state index in [2.05, 4.69) is 16.7 Å². The Labute approximate surface area is 160 Å². The summed E-state index contributed by atoms with van der Waals surface area (Å²) in [4.78, 5) is 25.2. The van der Waals surface area contributed by atoms with Gasteiger partial charge in [0.25, 0.3) is 0 Å². The fraction of sp³-hybridized carbons (Fsp3) is 0.211. The second-order valence-electron chi connectivity index (χ2n) is 5.88. The Morgan fingerprint density at radius 2 is 2.27 bits per heavy atom. The smallest absolute Gasteiger partial charge is 0.234 e. The minimum absolute atomic E-state index is 0.117. The number of thioether (sulfide) groups is 1. The summed E-state index contributed by atoms with van der Waals surface area (Å²) in [5.41, 5.74) is 2.30. The van der Waals surface area contributed by atoms with E-state index in [-0.39, 0.29) is 29.9 Å². The van der Waals surface area contributed by atoms with E-state index in [4.69, 9.17) is 0 Å². The maximum absolute atomic E-state index is 12.2. The number of hydrogen-bond acceptors (Lipinski definition) is 5. The third-order valence-electron chi connectivity index (χ3n) is 3.89. The van der Waals surface area contributed by atoms with Crippen molar-refractivity contribution < 1.29 is 9.59 Å². The number of hydrogen-bond donors (Lipinski definition) is 2. The standard InChI is InChI=1S/C19H17N3O2S2/c1-12-4-2-5-13(8-12)21-18(24)11-26-19-15(10-20)14(9-17(23)22-19)16-6-3-7-25-16/h2-8,14H,9,11H2,1H3,(H,21,24)(H,22,23)/t14-/m0/s1. The molecule has 132 valence electrons. The van der Waals surface area contributed by atoms with E-state index >= 15 is 0 Å². The van der Waals surface area contributed by atoms with Crippen LogP contribution in [0.15, 0.2) is 52.4 Å². The Bertz CT molecular complexity index is 898. The summed E-state index contributed by atoms with van der Waals surface area (Å²) in [5, 5.41) is 17.6. The molecule has 0 spiro atoms. The molecule has 2 aromatic rings. The van der Waals surface area contributed by atoms with Gasteiger partial charge in [-0.25, -0.2) is 0 Å². The summed E-state index contributed by atoms with van der Waals surface area (Å²) >= 11 is 2.71. The molecule has 1 atom stereocenters. The first-order valence-corrected chi connectivity index (χ1v) is 9.90. The number of nitrogens with one attached hydrogen (secondary N) is 2. The molecule has 2 heterocycles. The normalized spacial score (nSPS) is 16.8. The molecular weight excluding hydrogens is 366 g/mol. The Kier molecular flexibility index (Phi) is 5.76. The van der Waals surface area contributed by atoms with Gasteiger partial charge in [0, 0.05) is 22.9 Å². The van der Waals surface area contributed by atoms with E-state index in [1.54, 1.807) is 0 Å². The van der Waals surface area contributed by atoms with E-state index < -0.39 is 0 Å². The van der Waals surface area contributed by atoms with Crippen molar-refractivity contribution in [2.75, 3.05) is 11.1 Å². The highest BCUT2D eigenvalue weighted by Gasteiger charge is 2.30. The van der Waals surface area contributed by atoms with Gasteiger partial charge in [-0.05, 0) is 36.1 Å². The van der Waals surface area contributed by atoms with Gasteiger partial charge in [-0.2, -0.15) is 5.26 Å². The number of allylic oxidation sites excluding steroid dienone is 1. The van der Waals surface area contributed by atoms with E-state index in [0.717, 1.165) is 16.1 Å². The van der Waals surface area contributed by atoms with Crippen LogP contribution in [0.3, 0.4) is 0 Å². The van der Waals surface area contributed by atoms with Crippen molar-refractivity contribution in [2.24, 2.45) is 0 Å². The van der Waals surface area contributed by atoms with Crippen LogP contribution in [-0.2, 0) is 9.59 Å². The van der Waals surface area contributed by atoms with Gasteiger partial charge in [-0.1, -0.05) is 30.0 Å². The van der Waals surface area contributed by atoms with Gasteiger partial charge in [-0.3, -0.25) is 9.59 Å². The van der Waals surface area contributed by atoms with Crippen LogP contribution in [0.1, 0.15) is 22.8 Å².